The van der Waals surface area contributed by atoms with E-state index in [0.29, 0.717) is 16.5 Å². The number of hydrogen-bond acceptors (Lipinski definition) is 7. The van der Waals surface area contributed by atoms with Gasteiger partial charge in [-0.15, -0.1) is 11.3 Å². The lowest BCUT2D eigenvalue weighted by Crippen LogP contribution is -2.13. The number of furan rings is 1. The summed E-state index contributed by atoms with van der Waals surface area (Å²) >= 11 is 1.24. The maximum absolute atomic E-state index is 12.3. The largest absolute Gasteiger partial charge is 0.459 e. The molecule has 0 fully saturated rings. The van der Waals surface area contributed by atoms with E-state index in [1.807, 2.05) is 6.92 Å². The monoisotopic (exact) mass is 399 g/mol. The number of amides is 2. The first-order chi connectivity index (χ1) is 13.4. The number of thiazole rings is 1. The summed E-state index contributed by atoms with van der Waals surface area (Å²) in [6.07, 6.45) is 1.41. The standard InChI is InChI=1S/C19H17N3O5S/c1-11-5-6-13(8-15(11)22-17(24)16-4-3-7-26-16)18(25)27-9-14-10-28-19(21-14)20-12(2)23/h3-8,10H,9H2,1-2H3,(H,22,24)(H,20,21,23). The van der Waals surface area contributed by atoms with Crippen molar-refractivity contribution in [1.82, 2.24) is 4.98 Å². The molecular formula is C19H17N3O5S. The molecule has 2 N–H and O–H groups in total. The first-order valence-electron chi connectivity index (χ1n) is 8.27. The van der Waals surface area contributed by atoms with Crippen LogP contribution in [-0.2, 0) is 16.1 Å². The maximum Gasteiger partial charge on any atom is 0.338 e. The molecule has 0 spiro atoms. The topological polar surface area (TPSA) is 111 Å². The number of rotatable bonds is 6. The molecule has 2 heterocycles. The molecule has 0 bridgehead atoms. The number of benzene rings is 1. The van der Waals surface area contributed by atoms with Crippen LogP contribution in [0, 0.1) is 6.92 Å². The summed E-state index contributed by atoms with van der Waals surface area (Å²) in [4.78, 5) is 39.6. The Morgan fingerprint density at radius 3 is 2.75 bits per heavy atom. The lowest BCUT2D eigenvalue weighted by atomic mass is 10.1. The Balaban J connectivity index is 1.64. The van der Waals surface area contributed by atoms with Gasteiger partial charge in [0.15, 0.2) is 10.9 Å². The molecule has 0 radical (unpaired) electrons. The Morgan fingerprint density at radius 1 is 1.21 bits per heavy atom. The summed E-state index contributed by atoms with van der Waals surface area (Å²) in [6, 6.07) is 8.04. The lowest BCUT2D eigenvalue weighted by molar-refractivity contribution is -0.114. The predicted molar refractivity (Wildman–Crippen MR) is 103 cm³/mol. The molecule has 28 heavy (non-hydrogen) atoms. The second-order valence-corrected chi connectivity index (χ2v) is 6.72. The molecule has 0 aliphatic rings. The predicted octanol–water partition coefficient (Wildman–Crippen LogP) is 3.61. The van der Waals surface area contributed by atoms with Crippen LogP contribution < -0.4 is 10.6 Å². The summed E-state index contributed by atoms with van der Waals surface area (Å²) in [5.74, 6) is -1.01. The smallest absolute Gasteiger partial charge is 0.338 e. The molecular weight excluding hydrogens is 382 g/mol. The van der Waals surface area contributed by atoms with Crippen molar-refractivity contribution in [3.63, 3.8) is 0 Å². The van der Waals surface area contributed by atoms with Crippen LogP contribution in [0.25, 0.3) is 0 Å². The molecule has 9 heteroatoms. The first-order valence-corrected chi connectivity index (χ1v) is 9.15. The molecule has 3 aromatic rings. The highest BCUT2D eigenvalue weighted by molar-refractivity contribution is 7.13. The highest BCUT2D eigenvalue weighted by Crippen LogP contribution is 2.20. The Morgan fingerprint density at radius 2 is 2.04 bits per heavy atom. The van der Waals surface area contributed by atoms with E-state index in [4.69, 9.17) is 9.15 Å². The van der Waals surface area contributed by atoms with Gasteiger partial charge in [0.05, 0.1) is 17.5 Å². The normalized spacial score (nSPS) is 10.4. The summed E-state index contributed by atoms with van der Waals surface area (Å²) in [6.45, 7) is 3.17. The molecule has 0 unspecified atom stereocenters. The molecule has 8 nitrogen and oxygen atoms in total. The van der Waals surface area contributed by atoms with Gasteiger partial charge in [-0.1, -0.05) is 6.07 Å². The fourth-order valence-electron chi connectivity index (χ4n) is 2.28. The summed E-state index contributed by atoms with van der Waals surface area (Å²) in [7, 11) is 0. The van der Waals surface area contributed by atoms with Crippen molar-refractivity contribution in [2.45, 2.75) is 20.5 Å². The number of hydrogen-bond donors (Lipinski definition) is 2. The quantitative estimate of drug-likeness (QED) is 0.613. The van der Waals surface area contributed by atoms with Crippen molar-refractivity contribution in [2.75, 3.05) is 10.6 Å². The van der Waals surface area contributed by atoms with Gasteiger partial charge in [0.25, 0.3) is 5.91 Å². The third-order valence-corrected chi connectivity index (χ3v) is 4.46. The van der Waals surface area contributed by atoms with Crippen molar-refractivity contribution in [2.24, 2.45) is 0 Å². The van der Waals surface area contributed by atoms with Gasteiger partial charge in [-0.3, -0.25) is 9.59 Å². The Kier molecular flexibility index (Phi) is 5.85. The van der Waals surface area contributed by atoms with Crippen LogP contribution in [0.5, 0.6) is 0 Å². The maximum atomic E-state index is 12.3. The van der Waals surface area contributed by atoms with Gasteiger partial charge >= 0.3 is 5.97 Å². The molecule has 1 aromatic carbocycles. The van der Waals surface area contributed by atoms with E-state index in [2.05, 4.69) is 15.6 Å². The number of carbonyl (C=O) groups excluding carboxylic acids is 3. The number of anilines is 2. The van der Waals surface area contributed by atoms with E-state index in [1.54, 1.807) is 35.7 Å². The van der Waals surface area contributed by atoms with E-state index in [9.17, 15) is 14.4 Å². The van der Waals surface area contributed by atoms with Crippen molar-refractivity contribution in [3.8, 4) is 0 Å². The van der Waals surface area contributed by atoms with Crippen molar-refractivity contribution in [1.29, 1.82) is 0 Å². The third-order valence-electron chi connectivity index (χ3n) is 3.65. The molecule has 2 amide bonds. The van der Waals surface area contributed by atoms with Gasteiger partial charge in [0.1, 0.15) is 6.61 Å². The number of aryl methyl sites for hydroxylation is 1. The van der Waals surface area contributed by atoms with Crippen LogP contribution in [0.3, 0.4) is 0 Å². The molecule has 0 saturated carbocycles. The summed E-state index contributed by atoms with van der Waals surface area (Å²) < 4.78 is 10.3. The van der Waals surface area contributed by atoms with Crippen LogP contribution in [0.1, 0.15) is 39.1 Å². The molecule has 0 atom stereocenters. The zero-order chi connectivity index (χ0) is 20.1. The highest BCUT2D eigenvalue weighted by Gasteiger charge is 2.14. The number of aromatic nitrogens is 1. The second-order valence-electron chi connectivity index (χ2n) is 5.86. The van der Waals surface area contributed by atoms with Gasteiger partial charge in [0.2, 0.25) is 5.91 Å². The zero-order valence-corrected chi connectivity index (χ0v) is 16.0. The van der Waals surface area contributed by atoms with Gasteiger partial charge in [-0.05, 0) is 36.8 Å². The fourth-order valence-corrected chi connectivity index (χ4v) is 3.02. The van der Waals surface area contributed by atoms with Crippen molar-refractivity contribution < 1.29 is 23.5 Å². The van der Waals surface area contributed by atoms with Gasteiger partial charge < -0.3 is 19.8 Å². The Hall–Kier alpha value is -3.46. The fraction of sp³-hybridized carbons (Fsp3) is 0.158. The Labute approximate surface area is 164 Å². The van der Waals surface area contributed by atoms with E-state index < -0.39 is 11.9 Å². The van der Waals surface area contributed by atoms with Crippen LogP contribution in [0.4, 0.5) is 10.8 Å². The number of esters is 1. The third kappa shape index (κ3) is 4.83. The van der Waals surface area contributed by atoms with Crippen LogP contribution >= 0.6 is 11.3 Å². The minimum atomic E-state index is -0.553. The number of carbonyl (C=O) groups is 3. The molecule has 0 saturated heterocycles. The molecule has 144 valence electrons. The lowest BCUT2D eigenvalue weighted by Gasteiger charge is -2.09. The van der Waals surface area contributed by atoms with Gasteiger partial charge in [-0.25, -0.2) is 9.78 Å². The number of nitrogens with zero attached hydrogens (tertiary/aromatic N) is 1. The highest BCUT2D eigenvalue weighted by atomic mass is 32.1. The zero-order valence-electron chi connectivity index (χ0n) is 15.1. The van der Waals surface area contributed by atoms with Gasteiger partial charge in [0, 0.05) is 18.0 Å². The number of ether oxygens (including phenoxy) is 1. The average molecular weight is 399 g/mol. The van der Waals surface area contributed by atoms with Crippen molar-refractivity contribution in [3.05, 3.63) is 64.6 Å². The first kappa shape index (κ1) is 19.3. The SMILES string of the molecule is CC(=O)Nc1nc(COC(=O)c2ccc(C)c(NC(=O)c3ccco3)c2)cs1. The molecule has 0 aliphatic carbocycles. The van der Waals surface area contributed by atoms with Crippen LogP contribution in [0.2, 0.25) is 0 Å². The van der Waals surface area contributed by atoms with E-state index in [0.717, 1.165) is 5.56 Å². The van der Waals surface area contributed by atoms with E-state index in [-0.39, 0.29) is 23.8 Å². The molecule has 2 aromatic heterocycles. The van der Waals surface area contributed by atoms with Crippen molar-refractivity contribution >= 4 is 39.9 Å². The van der Waals surface area contributed by atoms with Crippen LogP contribution in [0.15, 0.2) is 46.4 Å². The molecule has 0 aliphatic heterocycles. The second kappa shape index (κ2) is 8.49. The summed E-state index contributed by atoms with van der Waals surface area (Å²) in [5.41, 5.74) is 2.09. The Bertz CT molecular complexity index is 1010. The molecule has 3 rings (SSSR count). The average Bonchev–Trinajstić information content (AvgIpc) is 3.33. The van der Waals surface area contributed by atoms with Gasteiger partial charge in [-0.2, -0.15) is 0 Å². The minimum Gasteiger partial charge on any atom is -0.459 e. The minimum absolute atomic E-state index is 0.0309. The van der Waals surface area contributed by atoms with E-state index in [1.165, 1.54) is 24.5 Å². The van der Waals surface area contributed by atoms with Crippen LogP contribution in [-0.4, -0.2) is 22.8 Å². The summed E-state index contributed by atoms with van der Waals surface area (Å²) in [5, 5.41) is 7.42. The number of nitrogens with one attached hydrogen (secondary N) is 2. The van der Waals surface area contributed by atoms with E-state index >= 15 is 0 Å².